The molecular formula is C13H13BrN2O. The molecule has 1 aromatic heterocycles. The molecule has 2 rings (SSSR count). The Kier molecular flexibility index (Phi) is 3.54. The van der Waals surface area contributed by atoms with Gasteiger partial charge in [-0.25, -0.2) is 9.97 Å². The quantitative estimate of drug-likeness (QED) is 0.925. The lowest BCUT2D eigenvalue weighted by molar-refractivity contribution is 0.276. The first kappa shape index (κ1) is 12.2. The van der Waals surface area contributed by atoms with Gasteiger partial charge in [0.1, 0.15) is 0 Å². The number of rotatable bonds is 2. The smallest absolute Gasteiger partial charge is 0.160 e. The van der Waals surface area contributed by atoms with Crippen molar-refractivity contribution in [3.8, 4) is 11.4 Å². The van der Waals surface area contributed by atoms with Crippen LogP contribution in [0.15, 0.2) is 28.7 Å². The van der Waals surface area contributed by atoms with Gasteiger partial charge in [-0.1, -0.05) is 22.0 Å². The lowest BCUT2D eigenvalue weighted by atomic mass is 10.1. The molecule has 0 saturated heterocycles. The molecule has 0 atom stereocenters. The van der Waals surface area contributed by atoms with Crippen molar-refractivity contribution in [3.63, 3.8) is 0 Å². The molecule has 0 unspecified atom stereocenters. The Bertz CT molecular complexity index is 555. The van der Waals surface area contributed by atoms with Crippen LogP contribution < -0.4 is 0 Å². The highest BCUT2D eigenvalue weighted by molar-refractivity contribution is 9.10. The second-order valence-electron chi connectivity index (χ2n) is 3.97. The second-order valence-corrected chi connectivity index (χ2v) is 4.82. The molecule has 0 aliphatic carbocycles. The van der Waals surface area contributed by atoms with Crippen LogP contribution in [-0.4, -0.2) is 15.1 Å². The molecule has 88 valence electrons. The van der Waals surface area contributed by atoms with Gasteiger partial charge in [0.05, 0.1) is 12.3 Å². The summed E-state index contributed by atoms with van der Waals surface area (Å²) in [5, 5.41) is 9.14. The number of halogens is 1. The summed E-state index contributed by atoms with van der Waals surface area (Å²) >= 11 is 3.51. The molecule has 0 aliphatic heterocycles. The van der Waals surface area contributed by atoms with Gasteiger partial charge < -0.3 is 5.11 Å². The summed E-state index contributed by atoms with van der Waals surface area (Å²) in [5.41, 5.74) is 3.61. The van der Waals surface area contributed by atoms with Gasteiger partial charge in [0.15, 0.2) is 5.82 Å². The van der Waals surface area contributed by atoms with Gasteiger partial charge in [-0.2, -0.15) is 0 Å². The molecule has 1 heterocycles. The van der Waals surface area contributed by atoms with Crippen LogP contribution in [0.3, 0.4) is 0 Å². The summed E-state index contributed by atoms with van der Waals surface area (Å²) < 4.78 is 0.965. The van der Waals surface area contributed by atoms with E-state index in [1.54, 1.807) is 6.07 Å². The molecule has 0 fully saturated rings. The first-order valence-corrected chi connectivity index (χ1v) is 6.11. The zero-order chi connectivity index (χ0) is 12.4. The molecule has 0 bridgehead atoms. The predicted octanol–water partition coefficient (Wildman–Crippen LogP) is 3.02. The van der Waals surface area contributed by atoms with Crippen molar-refractivity contribution in [1.29, 1.82) is 0 Å². The Morgan fingerprint density at radius 3 is 2.59 bits per heavy atom. The second kappa shape index (κ2) is 4.94. The number of aryl methyl sites for hydroxylation is 2. The molecule has 4 heteroatoms. The zero-order valence-corrected chi connectivity index (χ0v) is 11.3. The van der Waals surface area contributed by atoms with E-state index in [4.69, 9.17) is 5.11 Å². The maximum absolute atomic E-state index is 9.14. The predicted molar refractivity (Wildman–Crippen MR) is 70.6 cm³/mol. The molecule has 0 aliphatic rings. The van der Waals surface area contributed by atoms with Crippen LogP contribution in [0.5, 0.6) is 0 Å². The maximum atomic E-state index is 9.14. The normalized spacial score (nSPS) is 10.6. The van der Waals surface area contributed by atoms with E-state index < -0.39 is 0 Å². The van der Waals surface area contributed by atoms with Crippen molar-refractivity contribution in [2.45, 2.75) is 20.5 Å². The van der Waals surface area contributed by atoms with Gasteiger partial charge in [-0.3, -0.25) is 0 Å². The van der Waals surface area contributed by atoms with Gasteiger partial charge in [-0.05, 0) is 37.6 Å². The first-order chi connectivity index (χ1) is 8.10. The minimum Gasteiger partial charge on any atom is -0.390 e. The van der Waals surface area contributed by atoms with Crippen LogP contribution in [0.25, 0.3) is 11.4 Å². The lowest BCUT2D eigenvalue weighted by Gasteiger charge is -2.07. The molecule has 0 radical (unpaired) electrons. The minimum absolute atomic E-state index is 0.0696. The summed E-state index contributed by atoms with van der Waals surface area (Å²) in [5.74, 6) is 0.640. The Morgan fingerprint density at radius 1 is 1.18 bits per heavy atom. The number of aliphatic hydroxyl groups is 1. The fraction of sp³-hybridized carbons (Fsp3) is 0.231. The molecule has 0 amide bonds. The van der Waals surface area contributed by atoms with Crippen LogP contribution in [0, 0.1) is 13.8 Å². The Labute approximate surface area is 109 Å². The van der Waals surface area contributed by atoms with Crippen molar-refractivity contribution in [1.82, 2.24) is 9.97 Å². The minimum atomic E-state index is -0.0696. The largest absolute Gasteiger partial charge is 0.390 e. The van der Waals surface area contributed by atoms with E-state index >= 15 is 0 Å². The first-order valence-electron chi connectivity index (χ1n) is 5.32. The zero-order valence-electron chi connectivity index (χ0n) is 9.74. The van der Waals surface area contributed by atoms with Crippen LogP contribution in [0.2, 0.25) is 0 Å². The molecule has 1 aromatic carbocycles. The molecule has 0 saturated carbocycles. The van der Waals surface area contributed by atoms with Gasteiger partial charge in [0.25, 0.3) is 0 Å². The summed E-state index contributed by atoms with van der Waals surface area (Å²) in [4.78, 5) is 8.71. The van der Waals surface area contributed by atoms with Crippen molar-refractivity contribution in [2.75, 3.05) is 0 Å². The fourth-order valence-corrected chi connectivity index (χ4v) is 2.31. The Hall–Kier alpha value is -1.26. The van der Waals surface area contributed by atoms with Crippen molar-refractivity contribution in [2.24, 2.45) is 0 Å². The topological polar surface area (TPSA) is 46.0 Å². The Morgan fingerprint density at radius 2 is 1.94 bits per heavy atom. The number of nitrogens with zero attached hydrogens (tertiary/aromatic N) is 2. The molecule has 17 heavy (non-hydrogen) atoms. The molecule has 3 nitrogen and oxygen atoms in total. The van der Waals surface area contributed by atoms with Gasteiger partial charge in [-0.15, -0.1) is 0 Å². The van der Waals surface area contributed by atoms with Gasteiger partial charge >= 0.3 is 0 Å². The molecular weight excluding hydrogens is 280 g/mol. The van der Waals surface area contributed by atoms with E-state index in [1.807, 2.05) is 32.0 Å². The average molecular weight is 293 g/mol. The van der Waals surface area contributed by atoms with E-state index in [-0.39, 0.29) is 6.61 Å². The van der Waals surface area contributed by atoms with E-state index in [0.717, 1.165) is 15.7 Å². The standard InChI is InChI=1S/C13H13BrN2O/c1-8-3-4-11(12(14)5-8)13-15-9(2)6-10(7-17)16-13/h3-6,17H,7H2,1-2H3. The third-order valence-electron chi connectivity index (χ3n) is 2.43. The van der Waals surface area contributed by atoms with Crippen LogP contribution in [0.4, 0.5) is 0 Å². The highest BCUT2D eigenvalue weighted by Crippen LogP contribution is 2.26. The fourth-order valence-electron chi connectivity index (χ4n) is 1.64. The number of aliphatic hydroxyl groups excluding tert-OH is 1. The van der Waals surface area contributed by atoms with Gasteiger partial charge in [0, 0.05) is 15.7 Å². The highest BCUT2D eigenvalue weighted by Gasteiger charge is 2.08. The SMILES string of the molecule is Cc1ccc(-c2nc(C)cc(CO)n2)c(Br)c1. The van der Waals surface area contributed by atoms with Crippen LogP contribution >= 0.6 is 15.9 Å². The summed E-state index contributed by atoms with van der Waals surface area (Å²) in [6.07, 6.45) is 0. The monoisotopic (exact) mass is 292 g/mol. The number of benzene rings is 1. The van der Waals surface area contributed by atoms with Crippen LogP contribution in [-0.2, 0) is 6.61 Å². The maximum Gasteiger partial charge on any atom is 0.160 e. The summed E-state index contributed by atoms with van der Waals surface area (Å²) in [7, 11) is 0. The van der Waals surface area contributed by atoms with Crippen molar-refractivity contribution < 1.29 is 5.11 Å². The summed E-state index contributed by atoms with van der Waals surface area (Å²) in [6.45, 7) is 3.86. The van der Waals surface area contributed by atoms with E-state index in [1.165, 1.54) is 5.56 Å². The van der Waals surface area contributed by atoms with Crippen molar-refractivity contribution >= 4 is 15.9 Å². The van der Waals surface area contributed by atoms with E-state index in [2.05, 4.69) is 25.9 Å². The molecule has 1 N–H and O–H groups in total. The Balaban J connectivity index is 2.55. The number of hydrogen-bond acceptors (Lipinski definition) is 3. The lowest BCUT2D eigenvalue weighted by Crippen LogP contribution is -1.98. The van der Waals surface area contributed by atoms with E-state index in [0.29, 0.717) is 11.5 Å². The van der Waals surface area contributed by atoms with Gasteiger partial charge in [0.2, 0.25) is 0 Å². The highest BCUT2D eigenvalue weighted by atomic mass is 79.9. The average Bonchev–Trinajstić information content (AvgIpc) is 2.28. The number of hydrogen-bond donors (Lipinski definition) is 1. The number of aromatic nitrogens is 2. The summed E-state index contributed by atoms with van der Waals surface area (Å²) in [6, 6.07) is 7.81. The third-order valence-corrected chi connectivity index (χ3v) is 3.09. The van der Waals surface area contributed by atoms with Crippen LogP contribution in [0.1, 0.15) is 17.0 Å². The van der Waals surface area contributed by atoms with Crippen molar-refractivity contribution in [3.05, 3.63) is 45.7 Å². The molecule has 0 spiro atoms. The third kappa shape index (κ3) is 2.70. The van der Waals surface area contributed by atoms with E-state index in [9.17, 15) is 0 Å². The molecule has 2 aromatic rings.